The van der Waals surface area contributed by atoms with E-state index in [1.165, 1.54) is 12.1 Å². The van der Waals surface area contributed by atoms with Gasteiger partial charge in [-0.05, 0) is 67.1 Å². The van der Waals surface area contributed by atoms with Crippen molar-refractivity contribution in [3.8, 4) is 5.75 Å². The molecule has 1 N–H and O–H groups in total. The summed E-state index contributed by atoms with van der Waals surface area (Å²) in [5, 5.41) is 3.40. The van der Waals surface area contributed by atoms with Gasteiger partial charge in [-0.15, -0.1) is 0 Å². The number of amides is 2. The Labute approximate surface area is 204 Å². The molecule has 0 fully saturated rings. The number of ether oxygens (including phenoxy) is 1. The fraction of sp³-hybridized carbons (Fsp3) is 0.0417. The maximum absolute atomic E-state index is 12.9. The number of para-hydroxylation sites is 1. The maximum atomic E-state index is 12.9. The highest BCUT2D eigenvalue weighted by Crippen LogP contribution is 2.34. The number of anilines is 2. The van der Waals surface area contributed by atoms with Gasteiger partial charge in [0.25, 0.3) is 11.8 Å². The number of hydrogen-bond donors (Lipinski definition) is 1. The van der Waals surface area contributed by atoms with Crippen LogP contribution >= 0.6 is 34.8 Å². The van der Waals surface area contributed by atoms with Crippen LogP contribution in [-0.2, 0) is 9.59 Å². The number of nitrogens with one attached hydrogen (secondary N) is 1. The second-order valence-corrected chi connectivity index (χ2v) is 8.28. The van der Waals surface area contributed by atoms with Gasteiger partial charge in [0, 0.05) is 10.7 Å². The molecular formula is C24H15Cl3N2O4. The summed E-state index contributed by atoms with van der Waals surface area (Å²) < 4.78 is 5.37. The monoisotopic (exact) mass is 500 g/mol. The molecule has 0 unspecified atom stereocenters. The molecule has 0 atom stereocenters. The lowest BCUT2D eigenvalue weighted by Gasteiger charge is -2.16. The Hall–Kier alpha value is -3.32. The standard InChI is InChI=1S/C24H15Cl3N2O4/c1-13-12-16(10-11-17(13)25)33-24(32)14-6-8-15(9-7-14)28-21-20(27)22(30)29(23(21)31)19-5-3-2-4-18(19)26/h2-12,28H,1H3. The van der Waals surface area contributed by atoms with E-state index in [0.717, 1.165) is 10.5 Å². The van der Waals surface area contributed by atoms with Crippen LogP contribution in [0.4, 0.5) is 11.4 Å². The van der Waals surface area contributed by atoms with Crippen molar-refractivity contribution < 1.29 is 19.1 Å². The van der Waals surface area contributed by atoms with Crippen LogP contribution in [0.15, 0.2) is 77.5 Å². The number of hydrogen-bond acceptors (Lipinski definition) is 5. The molecule has 0 aliphatic carbocycles. The third-order valence-electron chi connectivity index (χ3n) is 4.85. The molecule has 0 radical (unpaired) electrons. The minimum atomic E-state index is -0.685. The Kier molecular flexibility index (Phi) is 6.42. The first-order valence-electron chi connectivity index (χ1n) is 9.65. The lowest BCUT2D eigenvalue weighted by Crippen LogP contribution is -2.32. The molecule has 33 heavy (non-hydrogen) atoms. The van der Waals surface area contributed by atoms with Gasteiger partial charge < -0.3 is 10.1 Å². The SMILES string of the molecule is Cc1cc(OC(=O)c2ccc(NC3=C(Cl)C(=O)N(c4ccccc4Cl)C3=O)cc2)ccc1Cl. The molecule has 166 valence electrons. The summed E-state index contributed by atoms with van der Waals surface area (Å²) in [5.41, 5.74) is 1.67. The molecule has 0 saturated carbocycles. The number of nitrogens with zero attached hydrogens (tertiary/aromatic N) is 1. The van der Waals surface area contributed by atoms with Crippen LogP contribution in [0.2, 0.25) is 10.0 Å². The molecule has 6 nitrogen and oxygen atoms in total. The summed E-state index contributed by atoms with van der Waals surface area (Å²) in [6.07, 6.45) is 0. The molecule has 3 aromatic carbocycles. The van der Waals surface area contributed by atoms with E-state index < -0.39 is 17.8 Å². The van der Waals surface area contributed by atoms with Crippen molar-refractivity contribution in [1.82, 2.24) is 0 Å². The first kappa shape index (κ1) is 22.9. The van der Waals surface area contributed by atoms with Crippen LogP contribution < -0.4 is 15.0 Å². The van der Waals surface area contributed by atoms with Crippen LogP contribution in [0.25, 0.3) is 0 Å². The van der Waals surface area contributed by atoms with Crippen molar-refractivity contribution in [2.75, 3.05) is 10.2 Å². The molecule has 0 saturated heterocycles. The van der Waals surface area contributed by atoms with Gasteiger partial charge in [-0.2, -0.15) is 0 Å². The molecule has 1 aliphatic heterocycles. The predicted octanol–water partition coefficient (Wildman–Crippen LogP) is 5.96. The zero-order chi connectivity index (χ0) is 23.7. The summed E-state index contributed by atoms with van der Waals surface area (Å²) in [6, 6.07) is 17.6. The van der Waals surface area contributed by atoms with E-state index in [4.69, 9.17) is 39.5 Å². The summed E-state index contributed by atoms with van der Waals surface area (Å²) in [5.74, 6) is -1.51. The Bertz CT molecular complexity index is 1320. The second-order valence-electron chi connectivity index (χ2n) is 7.09. The average molecular weight is 502 g/mol. The highest BCUT2D eigenvalue weighted by atomic mass is 35.5. The Morgan fingerprint density at radius 2 is 1.58 bits per heavy atom. The predicted molar refractivity (Wildman–Crippen MR) is 128 cm³/mol. The third-order valence-corrected chi connectivity index (χ3v) is 5.94. The number of carbonyl (C=O) groups excluding carboxylic acids is 3. The minimum Gasteiger partial charge on any atom is -0.423 e. The van der Waals surface area contributed by atoms with Gasteiger partial charge in [-0.3, -0.25) is 9.59 Å². The van der Waals surface area contributed by atoms with Gasteiger partial charge in [0.2, 0.25) is 0 Å². The molecule has 0 spiro atoms. The number of aryl methyl sites for hydroxylation is 1. The number of benzene rings is 3. The molecule has 9 heteroatoms. The summed E-state index contributed by atoms with van der Waals surface area (Å²) in [7, 11) is 0. The molecule has 4 rings (SSSR count). The van der Waals surface area contributed by atoms with Gasteiger partial charge in [-0.25, -0.2) is 9.69 Å². The third kappa shape index (κ3) is 4.59. The van der Waals surface area contributed by atoms with Crippen molar-refractivity contribution in [3.05, 3.63) is 98.6 Å². The fourth-order valence-electron chi connectivity index (χ4n) is 3.14. The number of imide groups is 1. The van der Waals surface area contributed by atoms with Crippen LogP contribution in [0.5, 0.6) is 5.75 Å². The largest absolute Gasteiger partial charge is 0.423 e. The zero-order valence-corrected chi connectivity index (χ0v) is 19.3. The van der Waals surface area contributed by atoms with E-state index in [2.05, 4.69) is 5.32 Å². The maximum Gasteiger partial charge on any atom is 0.343 e. The summed E-state index contributed by atoms with van der Waals surface area (Å²) in [6.45, 7) is 1.81. The highest BCUT2D eigenvalue weighted by Gasteiger charge is 2.39. The number of esters is 1. The molecule has 0 bridgehead atoms. The van der Waals surface area contributed by atoms with Crippen molar-refractivity contribution in [2.45, 2.75) is 6.92 Å². The number of rotatable bonds is 5. The van der Waals surface area contributed by atoms with Gasteiger partial charge in [-0.1, -0.05) is 46.9 Å². The van der Waals surface area contributed by atoms with Gasteiger partial charge in [0.05, 0.1) is 16.3 Å². The van der Waals surface area contributed by atoms with Crippen LogP contribution in [-0.4, -0.2) is 17.8 Å². The average Bonchev–Trinajstić information content (AvgIpc) is 3.00. The molecule has 1 aliphatic rings. The van der Waals surface area contributed by atoms with E-state index >= 15 is 0 Å². The Balaban J connectivity index is 1.49. The molecular weight excluding hydrogens is 487 g/mol. The van der Waals surface area contributed by atoms with Crippen LogP contribution in [0.3, 0.4) is 0 Å². The van der Waals surface area contributed by atoms with Crippen molar-refractivity contribution >= 4 is 64.0 Å². The normalized spacial score (nSPS) is 13.5. The lowest BCUT2D eigenvalue weighted by atomic mass is 10.2. The highest BCUT2D eigenvalue weighted by molar-refractivity contribution is 6.53. The minimum absolute atomic E-state index is 0.0893. The fourth-order valence-corrected chi connectivity index (χ4v) is 3.69. The van der Waals surface area contributed by atoms with Crippen molar-refractivity contribution in [3.63, 3.8) is 0 Å². The molecule has 3 aromatic rings. The summed E-state index contributed by atoms with van der Waals surface area (Å²) >= 11 is 18.3. The molecule has 0 aromatic heterocycles. The van der Waals surface area contributed by atoms with E-state index in [1.54, 1.807) is 54.6 Å². The van der Waals surface area contributed by atoms with Gasteiger partial charge in [0.15, 0.2) is 0 Å². The Morgan fingerprint density at radius 3 is 2.24 bits per heavy atom. The summed E-state index contributed by atoms with van der Waals surface area (Å²) in [4.78, 5) is 38.8. The lowest BCUT2D eigenvalue weighted by molar-refractivity contribution is -0.120. The molecule has 2 amide bonds. The topological polar surface area (TPSA) is 75.7 Å². The quantitative estimate of drug-likeness (QED) is 0.265. The Morgan fingerprint density at radius 1 is 0.879 bits per heavy atom. The first-order chi connectivity index (χ1) is 15.8. The number of halogens is 3. The van der Waals surface area contributed by atoms with E-state index in [9.17, 15) is 14.4 Å². The van der Waals surface area contributed by atoms with Gasteiger partial charge >= 0.3 is 5.97 Å². The smallest absolute Gasteiger partial charge is 0.343 e. The van der Waals surface area contributed by atoms with Crippen molar-refractivity contribution in [2.24, 2.45) is 0 Å². The second kappa shape index (κ2) is 9.27. The van der Waals surface area contributed by atoms with Gasteiger partial charge in [0.1, 0.15) is 16.5 Å². The van der Waals surface area contributed by atoms with E-state index in [-0.39, 0.29) is 21.4 Å². The van der Waals surface area contributed by atoms with Crippen molar-refractivity contribution in [1.29, 1.82) is 0 Å². The van der Waals surface area contributed by atoms with Crippen LogP contribution in [0, 0.1) is 6.92 Å². The first-order valence-corrected chi connectivity index (χ1v) is 10.8. The molecule has 1 heterocycles. The van der Waals surface area contributed by atoms with E-state index in [0.29, 0.717) is 22.0 Å². The number of carbonyl (C=O) groups is 3. The zero-order valence-electron chi connectivity index (χ0n) is 17.1. The van der Waals surface area contributed by atoms with E-state index in [1.807, 2.05) is 6.92 Å². The van der Waals surface area contributed by atoms with Crippen LogP contribution in [0.1, 0.15) is 15.9 Å².